The lowest BCUT2D eigenvalue weighted by Gasteiger charge is -2.21. The summed E-state index contributed by atoms with van der Waals surface area (Å²) in [5.41, 5.74) is 0. The summed E-state index contributed by atoms with van der Waals surface area (Å²) in [5.74, 6) is 1.08. The molecule has 0 bridgehead atoms. The molecule has 2 rings (SSSR count). The molecule has 106 valence electrons. The molecule has 0 radical (unpaired) electrons. The molecule has 0 aromatic rings. The normalized spacial score (nSPS) is 19.7. The number of alkyl halides is 1. The fourth-order valence-corrected chi connectivity index (χ4v) is 3.18. The summed E-state index contributed by atoms with van der Waals surface area (Å²) < 4.78 is 0. The second-order valence-electron chi connectivity index (χ2n) is 6.33. The molecule has 0 atom stereocenters. The van der Waals surface area contributed by atoms with Crippen LogP contribution in [0.1, 0.15) is 70.6 Å². The van der Waals surface area contributed by atoms with E-state index < -0.39 is 0 Å². The van der Waals surface area contributed by atoms with Gasteiger partial charge in [-0.3, -0.25) is 0 Å². The molecule has 0 N–H and O–H groups in total. The minimum Gasteiger partial charge on any atom is -0.300 e. The Morgan fingerprint density at radius 1 is 0.778 bits per heavy atom. The van der Waals surface area contributed by atoms with Crippen LogP contribution in [0.25, 0.3) is 0 Å². The molecule has 0 aliphatic heterocycles. The summed E-state index contributed by atoms with van der Waals surface area (Å²) in [5, 5.41) is 1.19. The Hall–Kier alpha value is 0.440. The van der Waals surface area contributed by atoms with E-state index in [1.807, 2.05) is 0 Å². The zero-order valence-corrected chi connectivity index (χ0v) is 13.5. The van der Waals surface area contributed by atoms with E-state index >= 15 is 0 Å². The Morgan fingerprint density at radius 3 is 1.94 bits per heavy atom. The van der Waals surface area contributed by atoms with Crippen LogP contribution in [0.5, 0.6) is 0 Å². The van der Waals surface area contributed by atoms with Crippen molar-refractivity contribution < 1.29 is 0 Å². The standard InChI is InChI=1S/C16H30BrN/c17-12-6-4-2-1-3-5-7-13-18(16-10-11-16)14-15-8-9-15/h15-16H,1-14H2. The Morgan fingerprint density at radius 2 is 1.39 bits per heavy atom. The first-order chi connectivity index (χ1) is 8.90. The first-order valence-corrected chi connectivity index (χ1v) is 9.32. The maximum absolute atomic E-state index is 3.50. The molecular formula is C16H30BrN. The highest BCUT2D eigenvalue weighted by atomic mass is 79.9. The predicted molar refractivity (Wildman–Crippen MR) is 83.4 cm³/mol. The van der Waals surface area contributed by atoms with Crippen molar-refractivity contribution >= 4 is 15.9 Å². The molecule has 0 heterocycles. The topological polar surface area (TPSA) is 3.24 Å². The Balaban J connectivity index is 1.41. The van der Waals surface area contributed by atoms with E-state index in [4.69, 9.17) is 0 Å². The van der Waals surface area contributed by atoms with Crippen LogP contribution in [-0.2, 0) is 0 Å². The Bertz CT molecular complexity index is 211. The van der Waals surface area contributed by atoms with Gasteiger partial charge >= 0.3 is 0 Å². The van der Waals surface area contributed by atoms with Crippen LogP contribution in [-0.4, -0.2) is 29.4 Å². The highest BCUT2D eigenvalue weighted by molar-refractivity contribution is 9.09. The molecule has 0 spiro atoms. The summed E-state index contributed by atoms with van der Waals surface area (Å²) >= 11 is 3.50. The molecule has 0 aromatic heterocycles. The number of rotatable bonds is 12. The van der Waals surface area contributed by atoms with Crippen LogP contribution in [0.2, 0.25) is 0 Å². The average Bonchev–Trinajstić information content (AvgIpc) is 3.24. The Labute approximate surface area is 122 Å². The molecule has 18 heavy (non-hydrogen) atoms. The van der Waals surface area contributed by atoms with Crippen molar-refractivity contribution in [2.75, 3.05) is 18.4 Å². The summed E-state index contributed by atoms with van der Waals surface area (Å²) in [6.45, 7) is 2.82. The zero-order chi connectivity index (χ0) is 12.6. The summed E-state index contributed by atoms with van der Waals surface area (Å²) in [6.07, 6.45) is 16.0. The third-order valence-corrected chi connectivity index (χ3v) is 4.89. The third-order valence-electron chi connectivity index (χ3n) is 4.33. The van der Waals surface area contributed by atoms with Crippen LogP contribution in [0.3, 0.4) is 0 Å². The molecule has 2 aliphatic carbocycles. The van der Waals surface area contributed by atoms with Gasteiger partial charge in [0.05, 0.1) is 0 Å². The minimum atomic E-state index is 0.990. The van der Waals surface area contributed by atoms with Crippen molar-refractivity contribution in [3.8, 4) is 0 Å². The summed E-state index contributed by atoms with van der Waals surface area (Å²) in [6, 6.07) is 0.990. The quantitative estimate of drug-likeness (QED) is 0.362. The maximum Gasteiger partial charge on any atom is 0.00965 e. The van der Waals surface area contributed by atoms with Crippen LogP contribution >= 0.6 is 15.9 Å². The lowest BCUT2D eigenvalue weighted by atomic mass is 10.1. The third kappa shape index (κ3) is 6.56. The highest BCUT2D eigenvalue weighted by Gasteiger charge is 2.32. The van der Waals surface area contributed by atoms with Crippen LogP contribution in [0, 0.1) is 5.92 Å². The van der Waals surface area contributed by atoms with Crippen molar-refractivity contribution in [1.29, 1.82) is 0 Å². The SMILES string of the molecule is BrCCCCCCCCCN(CC1CC1)C1CC1. The van der Waals surface area contributed by atoms with Gasteiger partial charge in [-0.2, -0.15) is 0 Å². The lowest BCUT2D eigenvalue weighted by Crippen LogP contribution is -2.29. The van der Waals surface area contributed by atoms with Crippen molar-refractivity contribution in [2.45, 2.75) is 76.7 Å². The maximum atomic E-state index is 3.50. The van der Waals surface area contributed by atoms with Gasteiger partial charge in [0.25, 0.3) is 0 Å². The van der Waals surface area contributed by atoms with Crippen molar-refractivity contribution in [3.05, 3.63) is 0 Å². The van der Waals surface area contributed by atoms with Crippen LogP contribution in [0.15, 0.2) is 0 Å². The van der Waals surface area contributed by atoms with Crippen molar-refractivity contribution in [1.82, 2.24) is 4.90 Å². The van der Waals surface area contributed by atoms with Gasteiger partial charge in [0.2, 0.25) is 0 Å². The fourth-order valence-electron chi connectivity index (χ4n) is 2.79. The van der Waals surface area contributed by atoms with Gasteiger partial charge in [-0.15, -0.1) is 0 Å². The molecule has 2 heteroatoms. The zero-order valence-electron chi connectivity index (χ0n) is 11.9. The van der Waals surface area contributed by atoms with Crippen LogP contribution < -0.4 is 0 Å². The minimum absolute atomic E-state index is 0.990. The number of nitrogens with zero attached hydrogens (tertiary/aromatic N) is 1. The van der Waals surface area contributed by atoms with Gasteiger partial charge in [-0.25, -0.2) is 0 Å². The first-order valence-electron chi connectivity index (χ1n) is 8.20. The van der Waals surface area contributed by atoms with Gasteiger partial charge in [-0.05, 0) is 51.0 Å². The predicted octanol–water partition coefficient (Wildman–Crippen LogP) is 4.99. The van der Waals surface area contributed by atoms with Crippen molar-refractivity contribution in [2.24, 2.45) is 5.92 Å². The van der Waals surface area contributed by atoms with Gasteiger partial charge in [0.15, 0.2) is 0 Å². The molecule has 2 fully saturated rings. The smallest absolute Gasteiger partial charge is 0.00965 e. The molecular weight excluding hydrogens is 286 g/mol. The van der Waals surface area contributed by atoms with Gasteiger partial charge < -0.3 is 4.90 Å². The number of hydrogen-bond donors (Lipinski definition) is 0. The fraction of sp³-hybridized carbons (Fsp3) is 1.00. The van der Waals surface area contributed by atoms with Gasteiger partial charge in [0, 0.05) is 17.9 Å². The van der Waals surface area contributed by atoms with E-state index in [0.717, 1.165) is 12.0 Å². The molecule has 0 saturated heterocycles. The monoisotopic (exact) mass is 315 g/mol. The molecule has 1 nitrogen and oxygen atoms in total. The highest BCUT2D eigenvalue weighted by Crippen LogP contribution is 2.34. The number of unbranched alkanes of at least 4 members (excludes halogenated alkanes) is 6. The molecule has 2 saturated carbocycles. The summed E-state index contributed by atoms with van der Waals surface area (Å²) in [4.78, 5) is 2.81. The average molecular weight is 316 g/mol. The van der Waals surface area contributed by atoms with Gasteiger partial charge in [-0.1, -0.05) is 48.0 Å². The second kappa shape index (κ2) is 8.58. The second-order valence-corrected chi connectivity index (χ2v) is 7.13. The first kappa shape index (κ1) is 14.8. The van der Waals surface area contributed by atoms with Gasteiger partial charge in [0.1, 0.15) is 0 Å². The largest absolute Gasteiger partial charge is 0.300 e. The molecule has 0 amide bonds. The van der Waals surface area contributed by atoms with E-state index in [-0.39, 0.29) is 0 Å². The Kier molecular flexibility index (Phi) is 7.07. The molecule has 2 aliphatic rings. The van der Waals surface area contributed by atoms with E-state index in [0.29, 0.717) is 0 Å². The number of hydrogen-bond acceptors (Lipinski definition) is 1. The van der Waals surface area contributed by atoms with E-state index in [9.17, 15) is 0 Å². The van der Waals surface area contributed by atoms with Crippen molar-refractivity contribution in [3.63, 3.8) is 0 Å². The number of halogens is 1. The van der Waals surface area contributed by atoms with E-state index in [2.05, 4.69) is 20.8 Å². The van der Waals surface area contributed by atoms with Crippen LogP contribution in [0.4, 0.5) is 0 Å². The lowest BCUT2D eigenvalue weighted by molar-refractivity contribution is 0.246. The molecule has 0 unspecified atom stereocenters. The molecule has 0 aromatic carbocycles. The van der Waals surface area contributed by atoms with E-state index in [1.165, 1.54) is 89.0 Å². The summed E-state index contributed by atoms with van der Waals surface area (Å²) in [7, 11) is 0. The van der Waals surface area contributed by atoms with E-state index in [1.54, 1.807) is 0 Å².